The summed E-state index contributed by atoms with van der Waals surface area (Å²) in [6.07, 6.45) is 3.48. The summed E-state index contributed by atoms with van der Waals surface area (Å²) >= 11 is 0. The van der Waals surface area contributed by atoms with Gasteiger partial charge in [-0.05, 0) is 49.1 Å². The van der Waals surface area contributed by atoms with Crippen LogP contribution in [0.15, 0.2) is 30.9 Å². The lowest BCUT2D eigenvalue weighted by molar-refractivity contribution is 0.0824. The predicted octanol–water partition coefficient (Wildman–Crippen LogP) is 3.00. The van der Waals surface area contributed by atoms with Gasteiger partial charge in [0.05, 0.1) is 6.04 Å². The monoisotopic (exact) mass is 341 g/mol. The summed E-state index contributed by atoms with van der Waals surface area (Å²) in [5, 5.41) is 0. The van der Waals surface area contributed by atoms with Gasteiger partial charge in [0.2, 0.25) is 0 Å². The highest BCUT2D eigenvalue weighted by Crippen LogP contribution is 2.50. The molecular formula is C20H27N3O2. The number of likely N-dealkylation sites (tertiary alicyclic amines) is 1. The minimum Gasteiger partial charge on any atom is -0.445 e. The van der Waals surface area contributed by atoms with Gasteiger partial charge in [0.25, 0.3) is 0 Å². The maximum atomic E-state index is 12.4. The molecular weight excluding hydrogens is 314 g/mol. The summed E-state index contributed by atoms with van der Waals surface area (Å²) in [6.45, 7) is 9.01. The Labute approximate surface area is 149 Å². The van der Waals surface area contributed by atoms with Crippen molar-refractivity contribution in [2.45, 2.75) is 24.8 Å². The molecule has 5 nitrogen and oxygen atoms in total. The van der Waals surface area contributed by atoms with Crippen molar-refractivity contribution in [3.63, 3.8) is 0 Å². The summed E-state index contributed by atoms with van der Waals surface area (Å²) in [5.74, 6) is 0.588. The topological polar surface area (TPSA) is 36.0 Å². The van der Waals surface area contributed by atoms with Gasteiger partial charge in [-0.2, -0.15) is 0 Å². The fourth-order valence-corrected chi connectivity index (χ4v) is 4.46. The third-order valence-corrected chi connectivity index (χ3v) is 5.90. The smallest absolute Gasteiger partial charge is 0.410 e. The zero-order valence-corrected chi connectivity index (χ0v) is 15.0. The van der Waals surface area contributed by atoms with Crippen molar-refractivity contribution < 1.29 is 9.53 Å². The fraction of sp³-hybridized carbons (Fsp3) is 0.550. The van der Waals surface area contributed by atoms with Crippen molar-refractivity contribution in [3.8, 4) is 0 Å². The highest BCUT2D eigenvalue weighted by Gasteiger charge is 2.41. The quantitative estimate of drug-likeness (QED) is 0.792. The molecule has 2 atom stereocenters. The number of likely N-dealkylation sites (N-methyl/N-ethyl adjacent to an activating group) is 1. The molecule has 0 N–H and O–H groups in total. The van der Waals surface area contributed by atoms with Crippen LogP contribution in [0.5, 0.6) is 0 Å². The average Bonchev–Trinajstić information content (AvgIpc) is 2.92. The van der Waals surface area contributed by atoms with Crippen LogP contribution in [-0.4, -0.2) is 62.3 Å². The molecule has 2 aliphatic heterocycles. The lowest BCUT2D eigenvalue weighted by atomic mass is 9.96. The first-order valence-electron chi connectivity index (χ1n) is 9.29. The Morgan fingerprint density at radius 1 is 1.24 bits per heavy atom. The summed E-state index contributed by atoms with van der Waals surface area (Å²) in [6, 6.07) is 7.06. The summed E-state index contributed by atoms with van der Waals surface area (Å²) < 4.78 is 5.31. The van der Waals surface area contributed by atoms with E-state index in [4.69, 9.17) is 4.74 Å². The van der Waals surface area contributed by atoms with Crippen LogP contribution in [0.25, 0.3) is 0 Å². The lowest BCUT2D eigenvalue weighted by Gasteiger charge is -2.35. The average molecular weight is 341 g/mol. The van der Waals surface area contributed by atoms with Gasteiger partial charge < -0.3 is 19.4 Å². The third kappa shape index (κ3) is 3.01. The number of hydrogen-bond acceptors (Lipinski definition) is 4. The second-order valence-corrected chi connectivity index (χ2v) is 7.40. The number of amides is 1. The van der Waals surface area contributed by atoms with E-state index >= 15 is 0 Å². The first-order valence-corrected chi connectivity index (χ1v) is 9.29. The molecule has 134 valence electrons. The predicted molar refractivity (Wildman–Crippen MR) is 99.1 cm³/mol. The van der Waals surface area contributed by atoms with Crippen LogP contribution in [-0.2, 0) is 4.74 Å². The molecule has 2 bridgehead atoms. The number of fused-ring (bicyclic) bond motifs is 5. The molecule has 0 saturated carbocycles. The van der Waals surface area contributed by atoms with Gasteiger partial charge in [-0.3, -0.25) is 0 Å². The van der Waals surface area contributed by atoms with Crippen LogP contribution < -0.4 is 4.90 Å². The van der Waals surface area contributed by atoms with E-state index in [2.05, 4.69) is 41.6 Å². The number of carbonyl (C=O) groups excluding carboxylic acids is 1. The van der Waals surface area contributed by atoms with E-state index in [0.29, 0.717) is 5.92 Å². The van der Waals surface area contributed by atoms with E-state index in [1.54, 1.807) is 6.08 Å². The molecule has 1 aliphatic carbocycles. The molecule has 0 aromatic heterocycles. The number of piperazine rings is 1. The Hall–Kier alpha value is -2.01. The molecule has 4 rings (SSSR count). The highest BCUT2D eigenvalue weighted by atomic mass is 16.6. The maximum absolute atomic E-state index is 12.4. The van der Waals surface area contributed by atoms with Gasteiger partial charge in [-0.25, -0.2) is 4.79 Å². The normalized spacial score (nSPS) is 25.6. The van der Waals surface area contributed by atoms with Gasteiger partial charge >= 0.3 is 6.09 Å². The van der Waals surface area contributed by atoms with Gasteiger partial charge in [-0.15, -0.1) is 0 Å². The van der Waals surface area contributed by atoms with Crippen molar-refractivity contribution in [2.24, 2.45) is 0 Å². The molecule has 2 heterocycles. The molecule has 3 aliphatic rings. The van der Waals surface area contributed by atoms with Gasteiger partial charge in [0.1, 0.15) is 6.61 Å². The minimum atomic E-state index is -0.207. The second-order valence-electron chi connectivity index (χ2n) is 7.40. The van der Waals surface area contributed by atoms with E-state index in [1.807, 2.05) is 4.90 Å². The number of hydrogen-bond donors (Lipinski definition) is 0. The molecule has 1 aromatic carbocycles. The van der Waals surface area contributed by atoms with E-state index in [0.717, 1.165) is 45.6 Å². The van der Waals surface area contributed by atoms with Gasteiger partial charge in [0.15, 0.2) is 0 Å². The number of piperidine rings is 1. The highest BCUT2D eigenvalue weighted by molar-refractivity contribution is 5.70. The zero-order chi connectivity index (χ0) is 17.4. The van der Waals surface area contributed by atoms with E-state index in [-0.39, 0.29) is 18.7 Å². The number of carbonyl (C=O) groups is 1. The van der Waals surface area contributed by atoms with Crippen LogP contribution in [0.1, 0.15) is 35.9 Å². The number of nitrogens with zero attached hydrogens (tertiary/aromatic N) is 3. The minimum absolute atomic E-state index is 0.165. The first kappa shape index (κ1) is 16.5. The number of rotatable bonds is 3. The number of anilines is 1. The standard InChI is InChI=1S/C20H27N3O2/c1-3-12-25-20(24)23-7-6-15-13-19(23)18-14-16(4-5-17(15)18)22-10-8-21(2)9-11-22/h3-5,14-15,19H,1,6-13H2,2H3/t15?,19-/m1/s1. The molecule has 2 fully saturated rings. The Morgan fingerprint density at radius 3 is 2.80 bits per heavy atom. The van der Waals surface area contributed by atoms with Crippen molar-refractivity contribution >= 4 is 11.8 Å². The van der Waals surface area contributed by atoms with Crippen molar-refractivity contribution in [3.05, 3.63) is 42.0 Å². The van der Waals surface area contributed by atoms with Crippen LogP contribution in [0.4, 0.5) is 10.5 Å². The SMILES string of the molecule is C=CCOC(=O)N1CCC2C[C@@H]1c1cc(N3CCN(C)CC3)ccc12. The third-order valence-electron chi connectivity index (χ3n) is 5.90. The summed E-state index contributed by atoms with van der Waals surface area (Å²) in [4.78, 5) is 19.2. The van der Waals surface area contributed by atoms with Crippen molar-refractivity contribution in [1.82, 2.24) is 9.80 Å². The molecule has 1 aromatic rings. The largest absolute Gasteiger partial charge is 0.445 e. The Balaban J connectivity index is 1.57. The molecule has 1 unspecified atom stereocenters. The van der Waals surface area contributed by atoms with Gasteiger partial charge in [0, 0.05) is 38.4 Å². The number of ether oxygens (including phenoxy) is 1. The summed E-state index contributed by atoms with van der Waals surface area (Å²) in [7, 11) is 2.18. The fourth-order valence-electron chi connectivity index (χ4n) is 4.46. The molecule has 5 heteroatoms. The molecule has 0 spiro atoms. The summed E-state index contributed by atoms with van der Waals surface area (Å²) in [5.41, 5.74) is 4.05. The Bertz CT molecular complexity index is 667. The van der Waals surface area contributed by atoms with Crippen molar-refractivity contribution in [2.75, 3.05) is 51.3 Å². The molecule has 25 heavy (non-hydrogen) atoms. The first-order chi connectivity index (χ1) is 12.2. The van der Waals surface area contributed by atoms with Crippen LogP contribution in [0, 0.1) is 0 Å². The molecule has 1 amide bonds. The lowest BCUT2D eigenvalue weighted by Crippen LogP contribution is -2.44. The van der Waals surface area contributed by atoms with E-state index in [1.165, 1.54) is 16.8 Å². The van der Waals surface area contributed by atoms with Crippen LogP contribution in [0.3, 0.4) is 0 Å². The van der Waals surface area contributed by atoms with Crippen LogP contribution >= 0.6 is 0 Å². The molecule has 2 saturated heterocycles. The van der Waals surface area contributed by atoms with Crippen molar-refractivity contribution in [1.29, 1.82) is 0 Å². The molecule has 0 radical (unpaired) electrons. The van der Waals surface area contributed by atoms with E-state index < -0.39 is 0 Å². The van der Waals surface area contributed by atoms with Gasteiger partial charge in [-0.1, -0.05) is 18.7 Å². The number of benzene rings is 1. The van der Waals surface area contributed by atoms with E-state index in [9.17, 15) is 4.79 Å². The maximum Gasteiger partial charge on any atom is 0.410 e. The zero-order valence-electron chi connectivity index (χ0n) is 15.0. The Morgan fingerprint density at radius 2 is 2.04 bits per heavy atom. The second kappa shape index (κ2) is 6.71. The Kier molecular flexibility index (Phi) is 4.42. The van der Waals surface area contributed by atoms with Crippen LogP contribution in [0.2, 0.25) is 0 Å².